The van der Waals surface area contributed by atoms with Crippen LogP contribution < -0.4 is 0 Å². The first-order valence-electron chi connectivity index (χ1n) is 5.30. The van der Waals surface area contributed by atoms with E-state index in [0.717, 1.165) is 23.7 Å². The Labute approximate surface area is 98.2 Å². The van der Waals surface area contributed by atoms with E-state index in [4.69, 9.17) is 5.26 Å². The van der Waals surface area contributed by atoms with Crippen LogP contribution in [0.2, 0.25) is 0 Å². The van der Waals surface area contributed by atoms with E-state index in [1.54, 1.807) is 0 Å². The standard InChI is InChI=1S/C11H14BrN3/c1-8(5-13)9-2-3-11(4-9)15-7-10(12)6-14-15/h6-9,11H,2-4H2,1H3. The smallest absolute Gasteiger partial charge is 0.0655 e. The normalized spacial score (nSPS) is 27.5. The molecule has 0 N–H and O–H groups in total. The Hall–Kier alpha value is -0.820. The summed E-state index contributed by atoms with van der Waals surface area (Å²) in [5, 5.41) is 13.2. The Kier molecular flexibility index (Phi) is 3.11. The molecular formula is C11H14BrN3. The molecule has 80 valence electrons. The number of nitrogens with zero attached hydrogens (tertiary/aromatic N) is 3. The predicted molar refractivity (Wildman–Crippen MR) is 61.1 cm³/mol. The molecule has 3 atom stereocenters. The van der Waals surface area contributed by atoms with Crippen LogP contribution in [0.3, 0.4) is 0 Å². The second-order valence-corrected chi connectivity index (χ2v) is 5.20. The third-order valence-corrected chi connectivity index (χ3v) is 3.71. The molecule has 1 aromatic rings. The maximum absolute atomic E-state index is 8.88. The molecule has 1 heterocycles. The van der Waals surface area contributed by atoms with E-state index < -0.39 is 0 Å². The molecule has 0 aromatic carbocycles. The summed E-state index contributed by atoms with van der Waals surface area (Å²) >= 11 is 3.40. The summed E-state index contributed by atoms with van der Waals surface area (Å²) in [5.41, 5.74) is 0. The van der Waals surface area contributed by atoms with E-state index in [1.807, 2.05) is 24.0 Å². The molecular weight excluding hydrogens is 254 g/mol. The molecule has 3 nitrogen and oxygen atoms in total. The lowest BCUT2D eigenvalue weighted by Crippen LogP contribution is -2.09. The monoisotopic (exact) mass is 267 g/mol. The highest BCUT2D eigenvalue weighted by molar-refractivity contribution is 9.10. The summed E-state index contributed by atoms with van der Waals surface area (Å²) in [6, 6.07) is 2.83. The molecule has 2 rings (SSSR count). The predicted octanol–water partition coefficient (Wildman–Crippen LogP) is 3.15. The molecule has 4 heteroatoms. The fraction of sp³-hybridized carbons (Fsp3) is 0.636. The van der Waals surface area contributed by atoms with Crippen molar-refractivity contribution in [2.45, 2.75) is 32.2 Å². The topological polar surface area (TPSA) is 41.6 Å². The number of hydrogen-bond acceptors (Lipinski definition) is 2. The van der Waals surface area contributed by atoms with Gasteiger partial charge in [-0.2, -0.15) is 10.4 Å². The van der Waals surface area contributed by atoms with Crippen molar-refractivity contribution in [1.82, 2.24) is 9.78 Å². The Balaban J connectivity index is 2.02. The second-order valence-electron chi connectivity index (χ2n) is 4.28. The van der Waals surface area contributed by atoms with Crippen molar-refractivity contribution in [2.24, 2.45) is 11.8 Å². The lowest BCUT2D eigenvalue weighted by molar-refractivity contribution is 0.399. The van der Waals surface area contributed by atoms with E-state index in [0.29, 0.717) is 12.0 Å². The molecule has 0 amide bonds. The first kappa shape index (κ1) is 10.7. The third-order valence-electron chi connectivity index (χ3n) is 3.30. The van der Waals surface area contributed by atoms with E-state index in [2.05, 4.69) is 27.1 Å². The molecule has 0 radical (unpaired) electrons. The molecule has 1 aromatic heterocycles. The lowest BCUT2D eigenvalue weighted by atomic mass is 9.94. The molecule has 0 aliphatic heterocycles. The SMILES string of the molecule is CC(C#N)C1CCC(n2cc(Br)cn2)C1. The number of halogens is 1. The van der Waals surface area contributed by atoms with Gasteiger partial charge in [-0.3, -0.25) is 4.68 Å². The Morgan fingerprint density at radius 1 is 1.67 bits per heavy atom. The zero-order valence-corrected chi connectivity index (χ0v) is 10.3. The largest absolute Gasteiger partial charge is 0.269 e. The van der Waals surface area contributed by atoms with Crippen LogP contribution in [-0.2, 0) is 0 Å². The molecule has 0 spiro atoms. The highest BCUT2D eigenvalue weighted by atomic mass is 79.9. The Morgan fingerprint density at radius 2 is 2.47 bits per heavy atom. The molecule has 1 saturated carbocycles. The van der Waals surface area contributed by atoms with Gasteiger partial charge < -0.3 is 0 Å². The van der Waals surface area contributed by atoms with Crippen LogP contribution in [-0.4, -0.2) is 9.78 Å². The highest BCUT2D eigenvalue weighted by Crippen LogP contribution is 2.38. The van der Waals surface area contributed by atoms with Crippen molar-refractivity contribution in [3.05, 3.63) is 16.9 Å². The van der Waals surface area contributed by atoms with Gasteiger partial charge >= 0.3 is 0 Å². The minimum atomic E-state index is 0.175. The van der Waals surface area contributed by atoms with Gasteiger partial charge in [0.05, 0.1) is 22.8 Å². The highest BCUT2D eigenvalue weighted by Gasteiger charge is 2.29. The summed E-state index contributed by atoms with van der Waals surface area (Å²) in [6.45, 7) is 2.02. The summed E-state index contributed by atoms with van der Waals surface area (Å²) in [6.07, 6.45) is 7.22. The Morgan fingerprint density at radius 3 is 3.07 bits per heavy atom. The summed E-state index contributed by atoms with van der Waals surface area (Å²) in [7, 11) is 0. The maximum Gasteiger partial charge on any atom is 0.0655 e. The van der Waals surface area contributed by atoms with E-state index in [9.17, 15) is 0 Å². The molecule has 1 aliphatic carbocycles. The van der Waals surface area contributed by atoms with Crippen molar-refractivity contribution in [3.8, 4) is 6.07 Å². The zero-order chi connectivity index (χ0) is 10.8. The van der Waals surface area contributed by atoms with Crippen molar-refractivity contribution < 1.29 is 0 Å². The van der Waals surface area contributed by atoms with Gasteiger partial charge in [-0.25, -0.2) is 0 Å². The van der Waals surface area contributed by atoms with Gasteiger partial charge in [-0.05, 0) is 48.0 Å². The first-order chi connectivity index (χ1) is 7.20. The van der Waals surface area contributed by atoms with Crippen LogP contribution >= 0.6 is 15.9 Å². The van der Waals surface area contributed by atoms with E-state index in [1.165, 1.54) is 0 Å². The minimum Gasteiger partial charge on any atom is -0.269 e. The maximum atomic E-state index is 8.88. The Bertz CT molecular complexity index is 379. The molecule has 0 saturated heterocycles. The zero-order valence-electron chi connectivity index (χ0n) is 8.73. The van der Waals surface area contributed by atoms with Gasteiger partial charge in [-0.1, -0.05) is 0 Å². The van der Waals surface area contributed by atoms with Gasteiger partial charge in [0.2, 0.25) is 0 Å². The van der Waals surface area contributed by atoms with Crippen molar-refractivity contribution in [1.29, 1.82) is 5.26 Å². The molecule has 1 fully saturated rings. The fourth-order valence-electron chi connectivity index (χ4n) is 2.31. The average molecular weight is 268 g/mol. The molecule has 15 heavy (non-hydrogen) atoms. The van der Waals surface area contributed by atoms with Crippen LogP contribution in [0.1, 0.15) is 32.2 Å². The number of rotatable bonds is 2. The first-order valence-corrected chi connectivity index (χ1v) is 6.09. The fourth-order valence-corrected chi connectivity index (χ4v) is 2.61. The van der Waals surface area contributed by atoms with Crippen LogP contribution in [0.5, 0.6) is 0 Å². The third kappa shape index (κ3) is 2.23. The van der Waals surface area contributed by atoms with Gasteiger partial charge in [0.25, 0.3) is 0 Å². The van der Waals surface area contributed by atoms with Crippen LogP contribution in [0.4, 0.5) is 0 Å². The van der Waals surface area contributed by atoms with Gasteiger partial charge in [0.15, 0.2) is 0 Å². The molecule has 0 bridgehead atoms. The number of hydrogen-bond donors (Lipinski definition) is 0. The summed E-state index contributed by atoms with van der Waals surface area (Å²) in [4.78, 5) is 0. The van der Waals surface area contributed by atoms with Gasteiger partial charge in [0, 0.05) is 12.1 Å². The van der Waals surface area contributed by atoms with Gasteiger partial charge in [0.1, 0.15) is 0 Å². The van der Waals surface area contributed by atoms with Crippen molar-refractivity contribution in [2.75, 3.05) is 0 Å². The average Bonchev–Trinajstić information content (AvgIpc) is 2.84. The molecule has 3 unspecified atom stereocenters. The van der Waals surface area contributed by atoms with E-state index >= 15 is 0 Å². The number of nitriles is 1. The van der Waals surface area contributed by atoms with Crippen molar-refractivity contribution in [3.63, 3.8) is 0 Å². The van der Waals surface area contributed by atoms with Gasteiger partial charge in [-0.15, -0.1) is 0 Å². The quantitative estimate of drug-likeness (QED) is 0.826. The van der Waals surface area contributed by atoms with Crippen molar-refractivity contribution >= 4 is 15.9 Å². The number of aromatic nitrogens is 2. The minimum absolute atomic E-state index is 0.175. The van der Waals surface area contributed by atoms with Crippen LogP contribution in [0.15, 0.2) is 16.9 Å². The van der Waals surface area contributed by atoms with Crippen LogP contribution in [0.25, 0.3) is 0 Å². The van der Waals surface area contributed by atoms with Crippen LogP contribution in [0, 0.1) is 23.2 Å². The lowest BCUT2D eigenvalue weighted by Gasteiger charge is -2.13. The molecule has 1 aliphatic rings. The summed E-state index contributed by atoms with van der Waals surface area (Å²) in [5.74, 6) is 0.719. The summed E-state index contributed by atoms with van der Waals surface area (Å²) < 4.78 is 3.05. The van der Waals surface area contributed by atoms with E-state index in [-0.39, 0.29) is 5.92 Å². The second kappa shape index (κ2) is 4.36.